The summed E-state index contributed by atoms with van der Waals surface area (Å²) in [6.07, 6.45) is 3.70. The zero-order valence-electron chi connectivity index (χ0n) is 17.9. The molecule has 0 spiro atoms. The normalized spacial score (nSPS) is 15.8. The smallest absolute Gasteiger partial charge is 0.213 e. The van der Waals surface area contributed by atoms with Gasteiger partial charge in [0.05, 0.1) is 0 Å². The van der Waals surface area contributed by atoms with Crippen LogP contribution in [0.5, 0.6) is 0 Å². The molecule has 0 amide bonds. The van der Waals surface area contributed by atoms with Crippen molar-refractivity contribution in [2.24, 2.45) is 0 Å². The standard InChI is InChI=1S/C29H25N2/c1-22-13-9-11-19-26(22)28-29(27-20-12-10-14-23(27)2)31(25-17-7-4-8-18-25)21-30(28)24-15-5-3-6-16-24/h3-20,28H,1-2H3/q+1. The van der Waals surface area contributed by atoms with Crippen molar-refractivity contribution in [2.75, 3.05) is 0 Å². The quantitative estimate of drug-likeness (QED) is 0.274. The predicted octanol–water partition coefficient (Wildman–Crippen LogP) is 6.44. The van der Waals surface area contributed by atoms with E-state index in [2.05, 4.69) is 139 Å². The highest BCUT2D eigenvalue weighted by atomic mass is 15.2. The Morgan fingerprint density at radius 1 is 0.581 bits per heavy atom. The number of rotatable bonds is 4. The maximum Gasteiger partial charge on any atom is 0.465 e. The van der Waals surface area contributed by atoms with Crippen LogP contribution in [0.25, 0.3) is 0 Å². The first-order chi connectivity index (χ1) is 15.2. The summed E-state index contributed by atoms with van der Waals surface area (Å²) < 4.78 is 4.50. The Hall–Kier alpha value is -3.78. The summed E-state index contributed by atoms with van der Waals surface area (Å²) in [5, 5.41) is 0. The third kappa shape index (κ3) is 3.51. The third-order valence-corrected chi connectivity index (χ3v) is 5.92. The average molecular weight is 402 g/mol. The van der Waals surface area contributed by atoms with E-state index in [0.717, 1.165) is 11.4 Å². The van der Waals surface area contributed by atoms with Gasteiger partial charge in [0.15, 0.2) is 5.71 Å². The van der Waals surface area contributed by atoms with Crippen LogP contribution >= 0.6 is 0 Å². The van der Waals surface area contributed by atoms with Gasteiger partial charge in [-0.1, -0.05) is 84.9 Å². The number of aryl methyl sites for hydroxylation is 2. The van der Waals surface area contributed by atoms with Crippen molar-refractivity contribution in [1.29, 1.82) is 0 Å². The van der Waals surface area contributed by atoms with Gasteiger partial charge in [0.2, 0.25) is 6.04 Å². The van der Waals surface area contributed by atoms with Crippen LogP contribution in [0, 0.1) is 13.8 Å². The Morgan fingerprint density at radius 2 is 1.13 bits per heavy atom. The molecule has 4 aromatic carbocycles. The Labute approximate surface area is 184 Å². The lowest BCUT2D eigenvalue weighted by Crippen LogP contribution is -2.23. The minimum absolute atomic E-state index is 0.0184. The van der Waals surface area contributed by atoms with Crippen molar-refractivity contribution >= 4 is 23.4 Å². The molecule has 1 atom stereocenters. The van der Waals surface area contributed by atoms with E-state index in [1.54, 1.807) is 0 Å². The van der Waals surface area contributed by atoms with Crippen molar-refractivity contribution in [3.63, 3.8) is 0 Å². The molecule has 1 aliphatic rings. The van der Waals surface area contributed by atoms with Crippen LogP contribution in [-0.2, 0) is 0 Å². The summed E-state index contributed by atoms with van der Waals surface area (Å²) in [7, 11) is 0. The summed E-state index contributed by atoms with van der Waals surface area (Å²) in [5.74, 6) is 0. The van der Waals surface area contributed by atoms with Gasteiger partial charge >= 0.3 is 6.34 Å². The highest BCUT2D eigenvalue weighted by Crippen LogP contribution is 2.35. The van der Waals surface area contributed by atoms with Crippen LogP contribution in [0.4, 0.5) is 11.4 Å². The highest BCUT2D eigenvalue weighted by molar-refractivity contribution is 6.05. The van der Waals surface area contributed by atoms with Crippen molar-refractivity contribution in [1.82, 2.24) is 0 Å². The average Bonchev–Trinajstić information content (AvgIpc) is 3.21. The minimum atomic E-state index is 0.0184. The van der Waals surface area contributed by atoms with E-state index in [0.29, 0.717) is 0 Å². The summed E-state index contributed by atoms with van der Waals surface area (Å²) in [4.78, 5) is 0. The van der Waals surface area contributed by atoms with Crippen LogP contribution in [-0.4, -0.2) is 21.2 Å². The molecule has 0 saturated carbocycles. The fourth-order valence-corrected chi connectivity index (χ4v) is 4.34. The van der Waals surface area contributed by atoms with Crippen LogP contribution in [0.1, 0.15) is 28.3 Å². The summed E-state index contributed by atoms with van der Waals surface area (Å²) >= 11 is 0. The molecule has 0 fully saturated rings. The van der Waals surface area contributed by atoms with Gasteiger partial charge in [-0.05, 0) is 49.2 Å². The predicted molar refractivity (Wildman–Crippen MR) is 127 cm³/mol. The largest absolute Gasteiger partial charge is 0.465 e. The van der Waals surface area contributed by atoms with E-state index < -0.39 is 0 Å². The Morgan fingerprint density at radius 3 is 1.77 bits per heavy atom. The zero-order chi connectivity index (χ0) is 21.2. The van der Waals surface area contributed by atoms with E-state index in [9.17, 15) is 0 Å². The van der Waals surface area contributed by atoms with E-state index in [1.165, 1.54) is 28.0 Å². The lowest BCUT2D eigenvalue weighted by Gasteiger charge is -2.18. The maximum absolute atomic E-state index is 3.70. The van der Waals surface area contributed by atoms with Gasteiger partial charge in [-0.15, -0.1) is 0 Å². The van der Waals surface area contributed by atoms with E-state index in [4.69, 9.17) is 0 Å². The Balaban J connectivity index is 1.83. The van der Waals surface area contributed by atoms with Gasteiger partial charge in [-0.3, -0.25) is 0 Å². The second-order valence-corrected chi connectivity index (χ2v) is 7.94. The third-order valence-electron chi connectivity index (χ3n) is 5.92. The summed E-state index contributed by atoms with van der Waals surface area (Å²) in [6.45, 7) is 4.38. The zero-order valence-corrected chi connectivity index (χ0v) is 17.9. The first-order valence-corrected chi connectivity index (χ1v) is 10.7. The molecule has 2 nitrogen and oxygen atoms in total. The van der Waals surface area contributed by atoms with E-state index in [1.807, 2.05) is 0 Å². The summed E-state index contributed by atoms with van der Waals surface area (Å²) in [5.41, 5.74) is 8.52. The molecule has 0 saturated heterocycles. The van der Waals surface area contributed by atoms with Crippen molar-refractivity contribution < 1.29 is 9.15 Å². The lowest BCUT2D eigenvalue weighted by molar-refractivity contribution is -0.481. The van der Waals surface area contributed by atoms with E-state index in [-0.39, 0.29) is 6.04 Å². The molecule has 0 N–H and O–H groups in total. The van der Waals surface area contributed by atoms with Gasteiger partial charge in [0, 0.05) is 11.1 Å². The molecule has 0 bridgehead atoms. The lowest BCUT2D eigenvalue weighted by atomic mass is 9.91. The van der Waals surface area contributed by atoms with Crippen molar-refractivity contribution in [3.05, 3.63) is 131 Å². The molecule has 0 radical (unpaired) electrons. The van der Waals surface area contributed by atoms with E-state index >= 15 is 0 Å². The number of para-hydroxylation sites is 2. The van der Waals surface area contributed by atoms with Crippen LogP contribution in [0.15, 0.2) is 109 Å². The molecule has 1 unspecified atom stereocenters. The molecule has 1 heterocycles. The monoisotopic (exact) mass is 401 g/mol. The minimum Gasteiger partial charge on any atom is -0.213 e. The van der Waals surface area contributed by atoms with Gasteiger partial charge in [0.25, 0.3) is 0 Å². The second-order valence-electron chi connectivity index (χ2n) is 7.94. The van der Waals surface area contributed by atoms with Gasteiger partial charge in [-0.2, -0.15) is 0 Å². The van der Waals surface area contributed by atoms with Crippen molar-refractivity contribution in [3.8, 4) is 0 Å². The first kappa shape index (κ1) is 19.2. The summed E-state index contributed by atoms with van der Waals surface area (Å²) in [6, 6.07) is 38.4. The molecule has 4 aromatic rings. The molecular formula is C29H25N2+. The fourth-order valence-electron chi connectivity index (χ4n) is 4.34. The van der Waals surface area contributed by atoms with Crippen LogP contribution in [0.3, 0.4) is 0 Å². The SMILES string of the molecule is Cc1ccccc1C1=[N+](c2ccccc2)[C-]=[N+](c2ccccc2)C1c1ccccc1C. The molecule has 0 aliphatic carbocycles. The van der Waals surface area contributed by atoms with Crippen molar-refractivity contribution in [2.45, 2.75) is 19.9 Å². The molecule has 2 heteroatoms. The number of nitrogens with zero attached hydrogens (tertiary/aromatic N) is 2. The molecule has 150 valence electrons. The number of benzene rings is 4. The molecule has 0 aromatic heterocycles. The van der Waals surface area contributed by atoms with Gasteiger partial charge in [-0.25, -0.2) is 9.15 Å². The molecule has 5 rings (SSSR count). The number of hydrogen-bond acceptors (Lipinski definition) is 0. The highest BCUT2D eigenvalue weighted by Gasteiger charge is 2.42. The molecule has 1 aliphatic heterocycles. The van der Waals surface area contributed by atoms with Gasteiger partial charge < -0.3 is 0 Å². The second kappa shape index (κ2) is 8.16. The Bertz CT molecular complexity index is 1280. The number of hydrogen-bond donors (Lipinski definition) is 0. The fraction of sp³-hybridized carbons (Fsp3) is 0.103. The molecule has 31 heavy (non-hydrogen) atoms. The van der Waals surface area contributed by atoms with Gasteiger partial charge in [0.1, 0.15) is 11.4 Å². The molecular weight excluding hydrogens is 376 g/mol. The maximum atomic E-state index is 3.70. The Kier molecular flexibility index (Phi) is 5.05. The van der Waals surface area contributed by atoms with Crippen LogP contribution < -0.4 is 0 Å². The topological polar surface area (TPSA) is 6.02 Å². The van der Waals surface area contributed by atoms with Crippen LogP contribution in [0.2, 0.25) is 0 Å². The first-order valence-electron chi connectivity index (χ1n) is 10.7.